The largest absolute Gasteiger partial charge is 0.456 e. The quantitative estimate of drug-likeness (QED) is 0.0921. The summed E-state index contributed by atoms with van der Waals surface area (Å²) in [6.07, 6.45) is 1.74. The number of aromatic nitrogens is 3. The van der Waals surface area contributed by atoms with Gasteiger partial charge in [-0.25, -0.2) is 9.48 Å². The molecule has 0 bridgehead atoms. The predicted octanol–water partition coefficient (Wildman–Crippen LogP) is 3.66. The first-order valence-electron chi connectivity index (χ1n) is 16.7. The van der Waals surface area contributed by atoms with Crippen molar-refractivity contribution >= 4 is 46.9 Å². The van der Waals surface area contributed by atoms with Crippen LogP contribution in [0.25, 0.3) is 0 Å². The van der Waals surface area contributed by atoms with Crippen molar-refractivity contribution in [3.63, 3.8) is 0 Å². The van der Waals surface area contributed by atoms with E-state index in [-0.39, 0.29) is 35.0 Å². The molecule has 4 N–H and O–H groups in total. The molecule has 2 aliphatic heterocycles. The summed E-state index contributed by atoms with van der Waals surface area (Å²) < 4.78 is 14.1. The molecule has 15 heteroatoms. The van der Waals surface area contributed by atoms with Crippen molar-refractivity contribution in [1.82, 2.24) is 20.3 Å². The van der Waals surface area contributed by atoms with E-state index in [0.717, 1.165) is 11.4 Å². The number of aldehydes is 1. The Bertz CT molecular complexity index is 2280. The van der Waals surface area contributed by atoms with Crippen molar-refractivity contribution in [2.75, 3.05) is 43.3 Å². The molecule has 276 valence electrons. The molecule has 3 heterocycles. The van der Waals surface area contributed by atoms with Gasteiger partial charge in [0.25, 0.3) is 5.91 Å². The maximum atomic E-state index is 13.7. The van der Waals surface area contributed by atoms with Crippen LogP contribution in [0.1, 0.15) is 66.4 Å². The summed E-state index contributed by atoms with van der Waals surface area (Å²) in [5, 5.41) is 13.6. The molecule has 15 nitrogen and oxygen atoms in total. The highest BCUT2D eigenvalue weighted by Gasteiger charge is 2.53. The highest BCUT2D eigenvalue weighted by Crippen LogP contribution is 2.57. The topological polar surface area (TPSA) is 197 Å². The van der Waals surface area contributed by atoms with Gasteiger partial charge in [0.1, 0.15) is 23.2 Å². The van der Waals surface area contributed by atoms with Crippen LogP contribution in [0.2, 0.25) is 0 Å². The number of rotatable bonds is 10. The number of nitrogens with zero attached hydrogens (tertiary/aromatic N) is 5. The van der Waals surface area contributed by atoms with Crippen LogP contribution in [0.4, 0.5) is 17.1 Å². The van der Waals surface area contributed by atoms with E-state index < -0.39 is 35.2 Å². The highest BCUT2D eigenvalue weighted by atomic mass is 16.6. The fourth-order valence-electron chi connectivity index (χ4n) is 6.44. The number of benzene rings is 4. The van der Waals surface area contributed by atoms with Crippen LogP contribution in [0.5, 0.6) is 11.5 Å². The van der Waals surface area contributed by atoms with Crippen molar-refractivity contribution in [1.29, 1.82) is 0 Å². The van der Waals surface area contributed by atoms with Gasteiger partial charge in [-0.3, -0.25) is 19.2 Å². The standard InChI is InChI=1S/C39H35N7O7.H2O/c1-22(36(49)41-25-8-6-7-23(15-25)33(48)21-47)46-20-26(42-43-46)19-40-37(50)24-9-12-30-29(16-24)38(51)53-39(30)31-13-10-27(44(2)3)17-34(31)52-35-18-28(45(4)5)11-14-32(35)39;/h6-18,20-22H,19H2,1-5H3,(H,40,50)(H,41,49);1H2. The number of anilines is 3. The van der Waals surface area contributed by atoms with E-state index >= 15 is 0 Å². The maximum absolute atomic E-state index is 13.7. The number of nitrogens with one attached hydrogen (secondary N) is 2. The first-order chi connectivity index (χ1) is 25.4. The van der Waals surface area contributed by atoms with Crippen LogP contribution in [0.15, 0.2) is 85.1 Å². The molecule has 0 radical (unpaired) electrons. The second-order valence-corrected chi connectivity index (χ2v) is 13.2. The van der Waals surface area contributed by atoms with Crippen LogP contribution in [0.3, 0.4) is 0 Å². The predicted molar refractivity (Wildman–Crippen MR) is 198 cm³/mol. The molecule has 1 spiro atoms. The van der Waals surface area contributed by atoms with Gasteiger partial charge in [0.2, 0.25) is 11.7 Å². The SMILES string of the molecule is CC(C(=O)Nc1cccc(C(=O)C=O)c1)n1cc(CNC(=O)c2ccc3c(c2)C(=O)OC32c3ccc(N(C)C)cc3Oc3cc(N(C)C)ccc32)nn1.O. The zero-order valence-electron chi connectivity index (χ0n) is 30.0. The molecule has 1 unspecified atom stereocenters. The molecular weight excluding hydrogens is 694 g/mol. The molecule has 0 fully saturated rings. The minimum Gasteiger partial charge on any atom is -0.456 e. The first-order valence-corrected chi connectivity index (χ1v) is 16.7. The zero-order chi connectivity index (χ0) is 37.6. The number of ether oxygens (including phenoxy) is 2. The Hall–Kier alpha value is -6.87. The van der Waals surface area contributed by atoms with E-state index in [0.29, 0.717) is 39.6 Å². The van der Waals surface area contributed by atoms with E-state index in [2.05, 4.69) is 20.9 Å². The van der Waals surface area contributed by atoms with Crippen molar-refractivity contribution in [2.24, 2.45) is 0 Å². The fraction of sp³-hybridized carbons (Fsp3) is 0.205. The van der Waals surface area contributed by atoms with E-state index in [1.807, 2.05) is 74.4 Å². The Kier molecular flexibility index (Phi) is 9.76. The van der Waals surface area contributed by atoms with Crippen LogP contribution in [-0.2, 0) is 26.5 Å². The van der Waals surface area contributed by atoms with Gasteiger partial charge in [-0.05, 0) is 55.5 Å². The summed E-state index contributed by atoms with van der Waals surface area (Å²) in [7, 11) is 7.74. The van der Waals surface area contributed by atoms with Crippen LogP contribution in [0, 0.1) is 0 Å². The number of ketones is 1. The number of amides is 2. The van der Waals surface area contributed by atoms with E-state index in [1.165, 1.54) is 29.1 Å². The van der Waals surface area contributed by atoms with Crippen LogP contribution < -0.4 is 25.2 Å². The molecule has 0 aliphatic carbocycles. The van der Waals surface area contributed by atoms with Gasteiger partial charge in [0.05, 0.1) is 18.3 Å². The molecule has 5 aromatic rings. The average Bonchev–Trinajstić information content (AvgIpc) is 3.75. The number of hydrogen-bond donors (Lipinski definition) is 2. The van der Waals surface area contributed by atoms with Gasteiger partial charge in [-0.1, -0.05) is 23.4 Å². The summed E-state index contributed by atoms with van der Waals surface area (Å²) >= 11 is 0. The van der Waals surface area contributed by atoms with Gasteiger partial charge < -0.3 is 35.4 Å². The number of esters is 1. The molecule has 7 rings (SSSR count). The van der Waals surface area contributed by atoms with Gasteiger partial charge in [-0.15, -0.1) is 5.10 Å². The van der Waals surface area contributed by atoms with Gasteiger partial charge in [-0.2, -0.15) is 0 Å². The Balaban J connectivity index is 0.00000497. The van der Waals surface area contributed by atoms with Crippen LogP contribution >= 0.6 is 0 Å². The Morgan fingerprint density at radius 3 is 2.15 bits per heavy atom. The van der Waals surface area contributed by atoms with Gasteiger partial charge in [0.15, 0.2) is 11.9 Å². The third kappa shape index (κ3) is 6.41. The lowest BCUT2D eigenvalue weighted by Gasteiger charge is -2.37. The minimum absolute atomic E-state index is 0. The monoisotopic (exact) mass is 731 g/mol. The normalized spacial score (nSPS) is 13.5. The average molecular weight is 732 g/mol. The van der Waals surface area contributed by atoms with Crippen molar-refractivity contribution in [2.45, 2.75) is 25.1 Å². The lowest BCUT2D eigenvalue weighted by molar-refractivity contribution is -0.119. The molecule has 54 heavy (non-hydrogen) atoms. The molecule has 0 saturated carbocycles. The third-order valence-corrected chi connectivity index (χ3v) is 9.35. The van der Waals surface area contributed by atoms with Crippen molar-refractivity contribution in [3.8, 4) is 11.5 Å². The Morgan fingerprint density at radius 2 is 1.52 bits per heavy atom. The van der Waals surface area contributed by atoms with Gasteiger partial charge in [0, 0.05) is 85.2 Å². The van der Waals surface area contributed by atoms with Crippen LogP contribution in [-0.4, -0.2) is 78.5 Å². The van der Waals surface area contributed by atoms with Gasteiger partial charge >= 0.3 is 5.97 Å². The maximum Gasteiger partial charge on any atom is 0.340 e. The number of hydrogen-bond acceptors (Lipinski definition) is 11. The second kappa shape index (κ2) is 14.3. The minimum atomic E-state index is -1.29. The van der Waals surface area contributed by atoms with E-state index in [1.54, 1.807) is 31.2 Å². The summed E-state index contributed by atoms with van der Waals surface area (Å²) in [6, 6.07) is 21.7. The lowest BCUT2D eigenvalue weighted by atomic mass is 9.77. The Morgan fingerprint density at radius 1 is 0.870 bits per heavy atom. The molecular formula is C39H37N7O8. The molecule has 2 aliphatic rings. The number of carbonyl (C=O) groups is 5. The smallest absolute Gasteiger partial charge is 0.340 e. The number of fused-ring (bicyclic) bond motifs is 6. The first kappa shape index (κ1) is 36.9. The lowest BCUT2D eigenvalue weighted by Crippen LogP contribution is -2.33. The molecule has 1 atom stereocenters. The van der Waals surface area contributed by atoms with E-state index in [9.17, 15) is 24.0 Å². The van der Waals surface area contributed by atoms with E-state index in [4.69, 9.17) is 9.47 Å². The third-order valence-electron chi connectivity index (χ3n) is 9.35. The molecule has 2 amide bonds. The summed E-state index contributed by atoms with van der Waals surface area (Å²) in [6.45, 7) is 1.61. The van der Waals surface area contributed by atoms with Crippen molar-refractivity contribution in [3.05, 3.63) is 124 Å². The summed E-state index contributed by atoms with van der Waals surface area (Å²) in [4.78, 5) is 66.4. The number of Topliss-reactive ketones (excluding diaryl/α,β-unsaturated/α-hetero) is 1. The Labute approximate surface area is 309 Å². The fourth-order valence-corrected chi connectivity index (χ4v) is 6.44. The highest BCUT2D eigenvalue weighted by molar-refractivity contribution is 6.33. The van der Waals surface area contributed by atoms with Crippen molar-refractivity contribution < 1.29 is 38.9 Å². The summed E-state index contributed by atoms with van der Waals surface area (Å²) in [5.41, 5.74) is 3.86. The molecule has 4 aromatic carbocycles. The second-order valence-electron chi connectivity index (χ2n) is 13.2. The number of carbonyl (C=O) groups excluding carboxylic acids is 5. The molecule has 0 saturated heterocycles. The summed E-state index contributed by atoms with van der Waals surface area (Å²) in [5.74, 6) is -1.04. The molecule has 1 aromatic heterocycles. The zero-order valence-corrected chi connectivity index (χ0v) is 30.0.